The van der Waals surface area contributed by atoms with Gasteiger partial charge in [0.25, 0.3) is 0 Å². The number of ether oxygens (including phenoxy) is 1. The fourth-order valence-electron chi connectivity index (χ4n) is 1.83. The van der Waals surface area contributed by atoms with Crippen molar-refractivity contribution in [1.29, 1.82) is 0 Å². The molecule has 0 amide bonds. The standard InChI is InChI=1S/C11H13NO5S/c1-18(15,16)10(12)6-2-3-8-7(4-6)5-9(17-8)11(13)14/h2-4,9-10H,5,12H2,1H3,(H,13,14). The predicted octanol–water partition coefficient (Wildman–Crippen LogP) is 0.0766. The summed E-state index contributed by atoms with van der Waals surface area (Å²) in [5, 5.41) is 7.74. The van der Waals surface area contributed by atoms with Gasteiger partial charge in [-0.3, -0.25) is 0 Å². The van der Waals surface area contributed by atoms with Crippen molar-refractivity contribution < 1.29 is 23.1 Å². The number of nitrogens with two attached hydrogens (primary N) is 1. The number of hydrogen-bond acceptors (Lipinski definition) is 5. The molecule has 1 aromatic carbocycles. The molecule has 18 heavy (non-hydrogen) atoms. The SMILES string of the molecule is CS(=O)(=O)C(N)c1ccc2c(c1)CC(C(=O)O)O2. The minimum atomic E-state index is -3.38. The van der Waals surface area contributed by atoms with Crippen LogP contribution in [0.25, 0.3) is 0 Å². The molecule has 0 bridgehead atoms. The largest absolute Gasteiger partial charge is 0.478 e. The maximum atomic E-state index is 11.4. The zero-order chi connectivity index (χ0) is 13.5. The Hall–Kier alpha value is -1.60. The molecule has 6 nitrogen and oxygen atoms in total. The number of aliphatic carboxylic acids is 1. The molecule has 1 aromatic rings. The van der Waals surface area contributed by atoms with Crippen LogP contribution in [0.2, 0.25) is 0 Å². The highest BCUT2D eigenvalue weighted by Gasteiger charge is 2.30. The lowest BCUT2D eigenvalue weighted by molar-refractivity contribution is -0.144. The van der Waals surface area contributed by atoms with Crippen LogP contribution in [-0.2, 0) is 21.1 Å². The molecule has 98 valence electrons. The topological polar surface area (TPSA) is 107 Å². The number of carbonyl (C=O) groups is 1. The van der Waals surface area contributed by atoms with Gasteiger partial charge in [-0.2, -0.15) is 0 Å². The van der Waals surface area contributed by atoms with E-state index in [4.69, 9.17) is 15.6 Å². The van der Waals surface area contributed by atoms with E-state index >= 15 is 0 Å². The summed E-state index contributed by atoms with van der Waals surface area (Å²) in [6.07, 6.45) is 0.362. The summed E-state index contributed by atoms with van der Waals surface area (Å²) < 4.78 is 27.9. The van der Waals surface area contributed by atoms with Crippen LogP contribution in [0.5, 0.6) is 5.75 Å². The lowest BCUT2D eigenvalue weighted by Crippen LogP contribution is -2.24. The highest BCUT2D eigenvalue weighted by atomic mass is 32.2. The number of fused-ring (bicyclic) bond motifs is 1. The number of carboxylic acids is 1. The molecule has 2 atom stereocenters. The average molecular weight is 271 g/mol. The van der Waals surface area contributed by atoms with Gasteiger partial charge in [0.2, 0.25) is 0 Å². The Kier molecular flexibility index (Phi) is 3.04. The monoisotopic (exact) mass is 271 g/mol. The van der Waals surface area contributed by atoms with E-state index in [2.05, 4.69) is 0 Å². The Morgan fingerprint density at radius 2 is 2.22 bits per heavy atom. The minimum absolute atomic E-state index is 0.217. The first-order valence-corrected chi connectivity index (χ1v) is 7.21. The van der Waals surface area contributed by atoms with E-state index in [0.29, 0.717) is 16.9 Å². The molecule has 7 heteroatoms. The van der Waals surface area contributed by atoms with E-state index in [1.807, 2.05) is 0 Å². The van der Waals surface area contributed by atoms with Crippen molar-refractivity contribution in [3.8, 4) is 5.75 Å². The van der Waals surface area contributed by atoms with E-state index < -0.39 is 27.3 Å². The average Bonchev–Trinajstić information content (AvgIpc) is 2.69. The Balaban J connectivity index is 2.32. The number of benzene rings is 1. The van der Waals surface area contributed by atoms with Crippen molar-refractivity contribution in [3.05, 3.63) is 29.3 Å². The van der Waals surface area contributed by atoms with Crippen LogP contribution in [0.1, 0.15) is 16.5 Å². The van der Waals surface area contributed by atoms with Gasteiger partial charge >= 0.3 is 5.97 Å². The van der Waals surface area contributed by atoms with Gasteiger partial charge in [-0.1, -0.05) is 6.07 Å². The number of rotatable bonds is 3. The summed E-state index contributed by atoms with van der Waals surface area (Å²) in [6.45, 7) is 0. The predicted molar refractivity (Wildman–Crippen MR) is 64.0 cm³/mol. The van der Waals surface area contributed by atoms with Gasteiger partial charge in [0.1, 0.15) is 11.1 Å². The van der Waals surface area contributed by atoms with Gasteiger partial charge in [0.05, 0.1) is 0 Å². The Morgan fingerprint density at radius 3 is 2.78 bits per heavy atom. The van der Waals surface area contributed by atoms with Crippen molar-refractivity contribution in [2.45, 2.75) is 17.9 Å². The maximum absolute atomic E-state index is 11.4. The van der Waals surface area contributed by atoms with Crippen molar-refractivity contribution in [2.75, 3.05) is 6.26 Å². The molecule has 0 saturated heterocycles. The van der Waals surface area contributed by atoms with E-state index in [1.54, 1.807) is 12.1 Å². The van der Waals surface area contributed by atoms with Gasteiger partial charge in [0, 0.05) is 12.7 Å². The van der Waals surface area contributed by atoms with Gasteiger partial charge in [0.15, 0.2) is 15.9 Å². The van der Waals surface area contributed by atoms with Gasteiger partial charge in [-0.15, -0.1) is 0 Å². The zero-order valence-electron chi connectivity index (χ0n) is 9.66. The van der Waals surface area contributed by atoms with E-state index in [0.717, 1.165) is 6.26 Å². The molecular weight excluding hydrogens is 258 g/mol. The summed E-state index contributed by atoms with van der Waals surface area (Å²) in [7, 11) is -3.38. The number of sulfone groups is 1. The quantitative estimate of drug-likeness (QED) is 0.806. The molecule has 2 rings (SSSR count). The third kappa shape index (κ3) is 2.32. The summed E-state index contributed by atoms with van der Waals surface area (Å²) in [5.74, 6) is -0.577. The summed E-state index contributed by atoms with van der Waals surface area (Å²) >= 11 is 0. The van der Waals surface area contributed by atoms with Crippen LogP contribution in [0, 0.1) is 0 Å². The van der Waals surface area contributed by atoms with Gasteiger partial charge < -0.3 is 15.6 Å². The highest BCUT2D eigenvalue weighted by molar-refractivity contribution is 7.90. The van der Waals surface area contributed by atoms with Crippen LogP contribution in [0.4, 0.5) is 0 Å². The van der Waals surface area contributed by atoms with Crippen LogP contribution in [0.3, 0.4) is 0 Å². The Morgan fingerprint density at radius 1 is 1.56 bits per heavy atom. The molecule has 1 heterocycles. The smallest absolute Gasteiger partial charge is 0.345 e. The van der Waals surface area contributed by atoms with Crippen molar-refractivity contribution in [1.82, 2.24) is 0 Å². The Labute approximate surface area is 104 Å². The van der Waals surface area contributed by atoms with Crippen molar-refractivity contribution in [2.24, 2.45) is 5.73 Å². The minimum Gasteiger partial charge on any atom is -0.478 e. The first kappa shape index (κ1) is 12.8. The van der Waals surface area contributed by atoms with Crippen LogP contribution >= 0.6 is 0 Å². The molecule has 0 radical (unpaired) electrons. The molecular formula is C11H13NO5S. The lowest BCUT2D eigenvalue weighted by Gasteiger charge is -2.10. The molecule has 0 fully saturated rings. The molecule has 1 aliphatic heterocycles. The molecule has 0 spiro atoms. The van der Waals surface area contributed by atoms with Crippen LogP contribution in [-0.4, -0.2) is 31.9 Å². The number of carboxylic acid groups (broad SMARTS) is 1. The lowest BCUT2D eigenvalue weighted by atomic mass is 10.1. The third-order valence-corrected chi connectivity index (χ3v) is 4.02. The van der Waals surface area contributed by atoms with E-state index in [9.17, 15) is 13.2 Å². The normalized spacial score (nSPS) is 20.0. The molecule has 0 aliphatic carbocycles. The maximum Gasteiger partial charge on any atom is 0.345 e. The summed E-state index contributed by atoms with van der Waals surface area (Å²) in [6, 6.07) is 4.68. The zero-order valence-corrected chi connectivity index (χ0v) is 10.5. The van der Waals surface area contributed by atoms with Gasteiger partial charge in [-0.05, 0) is 23.3 Å². The molecule has 1 aliphatic rings. The molecule has 0 aromatic heterocycles. The Bertz CT molecular complexity index is 595. The molecule has 0 saturated carbocycles. The first-order chi connectivity index (χ1) is 8.29. The molecule has 2 unspecified atom stereocenters. The fraction of sp³-hybridized carbons (Fsp3) is 0.364. The van der Waals surface area contributed by atoms with Crippen molar-refractivity contribution >= 4 is 15.8 Å². The first-order valence-electron chi connectivity index (χ1n) is 5.26. The van der Waals surface area contributed by atoms with E-state index in [1.165, 1.54) is 6.07 Å². The fourth-order valence-corrected chi connectivity index (χ4v) is 2.47. The second kappa shape index (κ2) is 4.25. The second-order valence-corrected chi connectivity index (χ2v) is 6.43. The summed E-state index contributed by atoms with van der Waals surface area (Å²) in [5.41, 5.74) is 6.72. The second-order valence-electron chi connectivity index (χ2n) is 4.27. The third-order valence-electron chi connectivity index (χ3n) is 2.82. The van der Waals surface area contributed by atoms with Crippen LogP contribution in [0.15, 0.2) is 18.2 Å². The van der Waals surface area contributed by atoms with Gasteiger partial charge in [-0.25, -0.2) is 13.2 Å². The van der Waals surface area contributed by atoms with Crippen molar-refractivity contribution in [3.63, 3.8) is 0 Å². The van der Waals surface area contributed by atoms with E-state index in [-0.39, 0.29) is 6.42 Å². The number of hydrogen-bond donors (Lipinski definition) is 2. The summed E-state index contributed by atoms with van der Waals surface area (Å²) in [4.78, 5) is 10.8. The molecule has 3 N–H and O–H groups in total. The highest BCUT2D eigenvalue weighted by Crippen LogP contribution is 2.31. The van der Waals surface area contributed by atoms with Crippen LogP contribution < -0.4 is 10.5 Å².